The molecule has 0 saturated heterocycles. The van der Waals surface area contributed by atoms with Crippen molar-refractivity contribution in [3.8, 4) is 22.5 Å². The van der Waals surface area contributed by atoms with Crippen molar-refractivity contribution in [1.29, 1.82) is 0 Å². The second-order valence-corrected chi connectivity index (χ2v) is 12.7. The van der Waals surface area contributed by atoms with E-state index in [0.29, 0.717) is 52.5 Å². The average molecular weight is 785 g/mol. The van der Waals surface area contributed by atoms with Crippen LogP contribution in [0.2, 0.25) is 0 Å². The number of carbonyl (C=O) groups excluding carboxylic acids is 3. The van der Waals surface area contributed by atoms with Crippen LogP contribution in [0.4, 0.5) is 22.7 Å². The zero-order valence-electron chi connectivity index (χ0n) is 32.6. The molecule has 3 N–H and O–H groups in total. The van der Waals surface area contributed by atoms with Gasteiger partial charge < -0.3 is 20.5 Å². The van der Waals surface area contributed by atoms with Gasteiger partial charge >= 0.3 is 11.9 Å². The summed E-state index contributed by atoms with van der Waals surface area (Å²) < 4.78 is 7.27. The van der Waals surface area contributed by atoms with Gasteiger partial charge in [-0.05, 0) is 82.6 Å². The number of aromatic nitrogens is 6. The van der Waals surface area contributed by atoms with Gasteiger partial charge in [0.25, 0.3) is 11.1 Å². The number of carboxylic acid groups (broad SMARTS) is 1. The summed E-state index contributed by atoms with van der Waals surface area (Å²) >= 11 is 0. The maximum absolute atomic E-state index is 13.0. The molecule has 0 radical (unpaired) electrons. The lowest BCUT2D eigenvalue weighted by Crippen LogP contribution is -2.28. The van der Waals surface area contributed by atoms with Gasteiger partial charge in [-0.2, -0.15) is 10.2 Å². The number of aryl methyl sites for hydroxylation is 3. The van der Waals surface area contributed by atoms with Crippen molar-refractivity contribution in [2.45, 2.75) is 47.7 Å². The van der Waals surface area contributed by atoms with Crippen molar-refractivity contribution < 1.29 is 29.0 Å². The van der Waals surface area contributed by atoms with E-state index in [1.54, 1.807) is 87.2 Å². The van der Waals surface area contributed by atoms with Crippen LogP contribution in [0.5, 0.6) is 0 Å². The largest absolute Gasteiger partial charge is 0.478 e. The number of ketones is 2. The Morgan fingerprint density at radius 1 is 0.690 bits per heavy atom. The van der Waals surface area contributed by atoms with Crippen LogP contribution in [0.25, 0.3) is 22.5 Å². The molecule has 0 unspecified atom stereocenters. The number of anilines is 4. The van der Waals surface area contributed by atoms with Gasteiger partial charge in [-0.3, -0.25) is 29.1 Å². The number of benzene rings is 2. The highest BCUT2D eigenvalue weighted by Gasteiger charge is 2.24. The second kappa shape index (κ2) is 18.3. The highest BCUT2D eigenvalue weighted by molar-refractivity contribution is 6.06. The lowest BCUT2D eigenvalue weighted by Gasteiger charge is -2.17. The van der Waals surface area contributed by atoms with Crippen LogP contribution in [-0.2, 0) is 17.8 Å². The number of carbonyl (C=O) groups is 4. The van der Waals surface area contributed by atoms with Crippen molar-refractivity contribution >= 4 is 46.3 Å². The molecule has 16 heteroatoms. The molecule has 6 aromatic rings. The topological polar surface area (TPSA) is 217 Å². The van der Waals surface area contributed by atoms with E-state index in [0.717, 1.165) is 5.56 Å². The van der Waals surface area contributed by atoms with Gasteiger partial charge in [-0.1, -0.05) is 24.3 Å². The number of pyridine rings is 2. The van der Waals surface area contributed by atoms with Crippen LogP contribution in [0.15, 0.2) is 101 Å². The van der Waals surface area contributed by atoms with Crippen molar-refractivity contribution in [1.82, 2.24) is 29.5 Å². The number of Topliss-reactive ketones (excluding diaryl/α,β-unsaturated/α-hetero) is 2. The first-order valence-electron chi connectivity index (χ1n) is 18.0. The fourth-order valence-electron chi connectivity index (χ4n) is 5.85. The van der Waals surface area contributed by atoms with E-state index < -0.39 is 23.1 Å². The lowest BCUT2D eigenvalue weighted by atomic mass is 10.0. The minimum Gasteiger partial charge on any atom is -0.478 e. The molecule has 0 atom stereocenters. The first-order valence-corrected chi connectivity index (χ1v) is 18.0. The third kappa shape index (κ3) is 9.08. The molecule has 0 aliphatic carbocycles. The zero-order valence-corrected chi connectivity index (χ0v) is 32.6. The minimum absolute atomic E-state index is 0.106. The number of rotatable bonds is 12. The number of aromatic carboxylic acids is 1. The van der Waals surface area contributed by atoms with Crippen LogP contribution in [0.3, 0.4) is 0 Å². The smallest absolute Gasteiger partial charge is 0.337 e. The molecule has 0 spiro atoms. The Balaban J connectivity index is 0.000000221. The molecule has 6 rings (SSSR count). The minimum atomic E-state index is -1.05. The van der Waals surface area contributed by atoms with Crippen LogP contribution in [-0.4, -0.2) is 65.3 Å². The standard InChI is InChI=1S/C22H22N4O4.C20H18N4O4/c1-5-26-21(28)20(24-17-12-23-11-10-13(17)2)18(14(3)27)19(25-26)15-6-8-16(9-7-15)22(29)30-4;1-3-24-19(26)18(22-15-5-4-10-21-11-15)16(12(2)25)17(23-24)13-6-8-14(9-7-13)20(27)28/h6-12,24H,5H2,1-4H3;4-11,22H,3H2,1-2H3,(H,27,28). The molecule has 58 heavy (non-hydrogen) atoms. The summed E-state index contributed by atoms with van der Waals surface area (Å²) in [6, 6.07) is 17.8. The number of hydrogen-bond acceptors (Lipinski definition) is 13. The summed E-state index contributed by atoms with van der Waals surface area (Å²) in [6.45, 7) is 8.82. The highest BCUT2D eigenvalue weighted by atomic mass is 16.5. The Hall–Kier alpha value is -7.62. The average Bonchev–Trinajstić information content (AvgIpc) is 3.23. The summed E-state index contributed by atoms with van der Waals surface area (Å²) in [4.78, 5) is 81.8. The number of carboxylic acids is 1. The maximum Gasteiger partial charge on any atom is 0.337 e. The number of esters is 1. The van der Waals surface area contributed by atoms with Crippen molar-refractivity contribution in [3.05, 3.63) is 140 Å². The Bertz CT molecular complexity index is 2620. The fraction of sp³-hybridized carbons (Fsp3) is 0.190. The zero-order chi connectivity index (χ0) is 42.1. The van der Waals surface area contributed by atoms with Gasteiger partial charge in [0.15, 0.2) is 11.6 Å². The Morgan fingerprint density at radius 2 is 1.19 bits per heavy atom. The molecule has 4 heterocycles. The van der Waals surface area contributed by atoms with E-state index in [1.165, 1.54) is 42.5 Å². The Morgan fingerprint density at radius 3 is 1.62 bits per heavy atom. The van der Waals surface area contributed by atoms with E-state index in [9.17, 15) is 28.8 Å². The number of nitrogens with one attached hydrogen (secondary N) is 2. The summed E-state index contributed by atoms with van der Waals surface area (Å²) in [5, 5.41) is 23.9. The molecule has 0 amide bonds. The first-order chi connectivity index (χ1) is 27.8. The maximum atomic E-state index is 13.0. The van der Waals surface area contributed by atoms with E-state index in [-0.39, 0.29) is 39.6 Å². The molecule has 16 nitrogen and oxygen atoms in total. The number of ether oxygens (including phenoxy) is 1. The van der Waals surface area contributed by atoms with Gasteiger partial charge in [0, 0.05) is 36.6 Å². The molecular weight excluding hydrogens is 745 g/mol. The third-order valence-corrected chi connectivity index (χ3v) is 8.83. The number of methoxy groups -OCH3 is 1. The highest BCUT2D eigenvalue weighted by Crippen LogP contribution is 2.30. The summed E-state index contributed by atoms with van der Waals surface area (Å²) in [7, 11) is 1.31. The fourth-order valence-corrected chi connectivity index (χ4v) is 5.85. The summed E-state index contributed by atoms with van der Waals surface area (Å²) in [5.41, 5.74) is 4.07. The van der Waals surface area contributed by atoms with E-state index >= 15 is 0 Å². The normalized spacial score (nSPS) is 10.5. The summed E-state index contributed by atoms with van der Waals surface area (Å²) in [5.74, 6) is -2.16. The molecule has 0 fully saturated rings. The molecule has 296 valence electrons. The van der Waals surface area contributed by atoms with E-state index in [4.69, 9.17) is 9.84 Å². The van der Waals surface area contributed by atoms with Crippen molar-refractivity contribution in [2.24, 2.45) is 0 Å². The van der Waals surface area contributed by atoms with Crippen LogP contribution >= 0.6 is 0 Å². The van der Waals surface area contributed by atoms with Crippen molar-refractivity contribution in [2.75, 3.05) is 17.7 Å². The quantitative estimate of drug-likeness (QED) is 0.0912. The molecule has 0 saturated carbocycles. The molecule has 4 aromatic heterocycles. The van der Waals surface area contributed by atoms with Gasteiger partial charge in [0.2, 0.25) is 0 Å². The van der Waals surface area contributed by atoms with Crippen LogP contribution < -0.4 is 21.8 Å². The molecular formula is C42H40N8O8. The predicted octanol–water partition coefficient (Wildman–Crippen LogP) is 6.34. The SMILES string of the molecule is CCn1nc(-c2ccc(C(=O)O)cc2)c(C(C)=O)c(Nc2cccnc2)c1=O.CCn1nc(-c2ccc(C(=O)OC)cc2)c(C(C)=O)c(Nc2cnccc2C)c1=O. The lowest BCUT2D eigenvalue weighted by molar-refractivity contribution is 0.0599. The van der Waals surface area contributed by atoms with E-state index in [2.05, 4.69) is 30.8 Å². The molecule has 0 bridgehead atoms. The van der Waals surface area contributed by atoms with Crippen LogP contribution in [0, 0.1) is 6.92 Å². The molecule has 0 aliphatic rings. The molecule has 2 aromatic carbocycles. The van der Waals surface area contributed by atoms with Crippen molar-refractivity contribution in [3.63, 3.8) is 0 Å². The predicted molar refractivity (Wildman–Crippen MR) is 217 cm³/mol. The van der Waals surface area contributed by atoms with E-state index in [1.807, 2.05) is 13.0 Å². The van der Waals surface area contributed by atoms with Gasteiger partial charge in [0.1, 0.15) is 22.8 Å². The second-order valence-electron chi connectivity index (χ2n) is 12.7. The van der Waals surface area contributed by atoms with Crippen LogP contribution in [0.1, 0.15) is 74.7 Å². The molecule has 0 aliphatic heterocycles. The first kappa shape index (κ1) is 41.5. The van der Waals surface area contributed by atoms with Gasteiger partial charge in [-0.25, -0.2) is 19.0 Å². The Labute approximate surface area is 332 Å². The number of nitrogens with zero attached hydrogens (tertiary/aromatic N) is 6. The van der Waals surface area contributed by atoms with Gasteiger partial charge in [0.05, 0.1) is 53.1 Å². The summed E-state index contributed by atoms with van der Waals surface area (Å²) in [6.07, 6.45) is 6.39. The number of hydrogen-bond donors (Lipinski definition) is 3. The third-order valence-electron chi connectivity index (χ3n) is 8.83. The van der Waals surface area contributed by atoms with Gasteiger partial charge in [-0.15, -0.1) is 0 Å². The Kier molecular flexibility index (Phi) is 13.1. The monoisotopic (exact) mass is 784 g/mol.